The first kappa shape index (κ1) is 27.7. The van der Waals surface area contributed by atoms with Crippen molar-refractivity contribution in [2.45, 2.75) is 65.7 Å². The molecule has 0 aromatic carbocycles. The molecule has 0 aromatic rings. The van der Waals surface area contributed by atoms with Crippen LogP contribution in [0.2, 0.25) is 25.2 Å². The molecule has 0 aromatic heterocycles. The molecule has 4 nitrogen and oxygen atoms in total. The van der Waals surface area contributed by atoms with Crippen LogP contribution in [0.4, 0.5) is 0 Å². The third-order valence-electron chi connectivity index (χ3n) is 3.64. The fraction of sp³-hybridized carbons (Fsp3) is 1.00. The van der Waals surface area contributed by atoms with E-state index in [1.165, 1.54) is 0 Å². The first-order valence-corrected chi connectivity index (χ1v) is 19.8. The van der Waals surface area contributed by atoms with Crippen LogP contribution in [0.15, 0.2) is 0 Å². The zero-order chi connectivity index (χ0) is 19.7. The molecule has 0 saturated heterocycles. The molecule has 0 N–H and O–H groups in total. The summed E-state index contributed by atoms with van der Waals surface area (Å²) in [6.45, 7) is 15.6. The van der Waals surface area contributed by atoms with Gasteiger partial charge in [0.25, 0.3) is 0 Å². The fourth-order valence-electron chi connectivity index (χ4n) is 2.61. The second-order valence-corrected chi connectivity index (χ2v) is 18.9. The van der Waals surface area contributed by atoms with Gasteiger partial charge in [-0.15, -0.1) is 0 Å². The minimum absolute atomic E-state index is 0.756. The zero-order valence-electron chi connectivity index (χ0n) is 17.3. The predicted molar refractivity (Wildman–Crippen MR) is 129 cm³/mol. The summed E-state index contributed by atoms with van der Waals surface area (Å²) in [5.41, 5.74) is 0. The topological polar surface area (TPSA) is 36.9 Å². The first-order chi connectivity index (χ1) is 12.4. The van der Waals surface area contributed by atoms with Gasteiger partial charge in [-0.05, 0) is 85.4 Å². The molecule has 0 amide bonds. The summed E-state index contributed by atoms with van der Waals surface area (Å²) in [6.07, 6.45) is 2.33. The SMILES string of the molecule is CCO[Si](C)(CCCSSSSCCC[Si](C)(OCC)OCC)OCC. The lowest BCUT2D eigenvalue weighted by atomic mass is 10.6. The summed E-state index contributed by atoms with van der Waals surface area (Å²) in [5.74, 6) is 2.31. The molecule has 26 heavy (non-hydrogen) atoms. The van der Waals surface area contributed by atoms with Gasteiger partial charge in [-0.3, -0.25) is 0 Å². The summed E-state index contributed by atoms with van der Waals surface area (Å²) in [5, 5.41) is 0. The number of hydrogen-bond donors (Lipinski definition) is 0. The fourth-order valence-corrected chi connectivity index (χ4v) is 14.1. The van der Waals surface area contributed by atoms with Crippen molar-refractivity contribution in [1.29, 1.82) is 0 Å². The molecule has 0 aliphatic heterocycles. The van der Waals surface area contributed by atoms with E-state index in [4.69, 9.17) is 17.7 Å². The van der Waals surface area contributed by atoms with Crippen LogP contribution < -0.4 is 0 Å². The largest absolute Gasteiger partial charge is 0.395 e. The van der Waals surface area contributed by atoms with Gasteiger partial charge >= 0.3 is 17.1 Å². The third-order valence-corrected chi connectivity index (χ3v) is 16.4. The van der Waals surface area contributed by atoms with Crippen molar-refractivity contribution in [2.24, 2.45) is 0 Å². The lowest BCUT2D eigenvalue weighted by Gasteiger charge is -2.25. The van der Waals surface area contributed by atoms with Gasteiger partial charge in [-0.25, -0.2) is 0 Å². The van der Waals surface area contributed by atoms with Gasteiger partial charge in [0.05, 0.1) is 0 Å². The maximum Gasteiger partial charge on any atom is 0.334 e. The van der Waals surface area contributed by atoms with E-state index in [0.29, 0.717) is 0 Å². The van der Waals surface area contributed by atoms with E-state index in [0.717, 1.165) is 62.9 Å². The summed E-state index contributed by atoms with van der Waals surface area (Å²) in [4.78, 5) is 0. The highest BCUT2D eigenvalue weighted by Gasteiger charge is 2.30. The van der Waals surface area contributed by atoms with Crippen LogP contribution in [-0.4, -0.2) is 55.1 Å². The van der Waals surface area contributed by atoms with E-state index in [1.807, 2.05) is 41.2 Å². The van der Waals surface area contributed by atoms with Crippen molar-refractivity contribution < 1.29 is 17.7 Å². The summed E-state index contributed by atoms with van der Waals surface area (Å²) >= 11 is 0. The smallest absolute Gasteiger partial charge is 0.334 e. The molecule has 0 atom stereocenters. The van der Waals surface area contributed by atoms with Crippen LogP contribution >= 0.6 is 41.2 Å². The lowest BCUT2D eigenvalue weighted by Crippen LogP contribution is -2.38. The monoisotopic (exact) mass is 478 g/mol. The van der Waals surface area contributed by atoms with Crippen LogP contribution in [0.3, 0.4) is 0 Å². The summed E-state index contributed by atoms with van der Waals surface area (Å²) in [6, 6.07) is 2.16. The lowest BCUT2D eigenvalue weighted by molar-refractivity contribution is 0.188. The third kappa shape index (κ3) is 14.6. The Labute approximate surface area is 179 Å². The van der Waals surface area contributed by atoms with Gasteiger partial charge in [0.15, 0.2) is 0 Å². The first-order valence-electron chi connectivity index (χ1n) is 9.58. The molecule has 0 heterocycles. The predicted octanol–water partition coefficient (Wildman–Crippen LogP) is 6.73. The summed E-state index contributed by atoms with van der Waals surface area (Å²) in [7, 11) is 3.81. The molecule has 0 radical (unpaired) electrons. The Morgan fingerprint density at radius 3 is 1.15 bits per heavy atom. The molecule has 0 rings (SSSR count). The Balaban J connectivity index is 3.64. The standard InChI is InChI=1S/C16H38O4S4Si2/c1-7-17-25(5,18-8-2)15-11-13-21-23-24-22-14-12-16-26(6,19-9-3)20-10-4/h7-16H2,1-6H3. The highest BCUT2D eigenvalue weighted by molar-refractivity contribution is 9.26. The molecule has 0 bridgehead atoms. The van der Waals surface area contributed by atoms with Crippen LogP contribution in [0.25, 0.3) is 0 Å². The molecular formula is C16H38O4S4Si2. The maximum atomic E-state index is 5.88. The van der Waals surface area contributed by atoms with Crippen molar-refractivity contribution >= 4 is 58.4 Å². The molecular weight excluding hydrogens is 441 g/mol. The van der Waals surface area contributed by atoms with Crippen molar-refractivity contribution in [3.8, 4) is 0 Å². The zero-order valence-corrected chi connectivity index (χ0v) is 22.6. The highest BCUT2D eigenvalue weighted by atomic mass is 33.7. The molecule has 0 unspecified atom stereocenters. The molecule has 0 fully saturated rings. The quantitative estimate of drug-likeness (QED) is 0.115. The maximum absolute atomic E-state index is 5.88. The molecule has 158 valence electrons. The van der Waals surface area contributed by atoms with Gasteiger partial charge in [-0.1, -0.05) is 21.6 Å². The molecule has 10 heteroatoms. The van der Waals surface area contributed by atoms with Crippen molar-refractivity contribution in [2.75, 3.05) is 37.9 Å². The Morgan fingerprint density at radius 2 is 0.885 bits per heavy atom. The second-order valence-electron chi connectivity index (χ2n) is 5.99. The number of hydrogen-bond acceptors (Lipinski definition) is 8. The molecule has 0 saturated carbocycles. The Kier molecular flexibility index (Phi) is 18.7. The minimum atomic E-state index is -1.92. The average molecular weight is 479 g/mol. The van der Waals surface area contributed by atoms with E-state index >= 15 is 0 Å². The van der Waals surface area contributed by atoms with E-state index in [9.17, 15) is 0 Å². The number of rotatable bonds is 19. The van der Waals surface area contributed by atoms with E-state index in [2.05, 4.69) is 40.8 Å². The van der Waals surface area contributed by atoms with Gasteiger partial charge in [0, 0.05) is 37.9 Å². The van der Waals surface area contributed by atoms with Crippen molar-refractivity contribution in [3.05, 3.63) is 0 Å². The molecule has 0 aliphatic rings. The summed E-state index contributed by atoms with van der Waals surface area (Å²) < 4.78 is 23.5. The van der Waals surface area contributed by atoms with E-state index in [-0.39, 0.29) is 0 Å². The van der Waals surface area contributed by atoms with E-state index in [1.54, 1.807) is 0 Å². The minimum Gasteiger partial charge on any atom is -0.395 e. The Hall–Kier alpha value is 1.67. The van der Waals surface area contributed by atoms with Gasteiger partial charge in [0.1, 0.15) is 0 Å². The normalized spacial score (nSPS) is 12.7. The van der Waals surface area contributed by atoms with Crippen LogP contribution in [0.5, 0.6) is 0 Å². The molecule has 0 aliphatic carbocycles. The van der Waals surface area contributed by atoms with Gasteiger partial charge < -0.3 is 17.7 Å². The van der Waals surface area contributed by atoms with E-state index < -0.39 is 17.1 Å². The Morgan fingerprint density at radius 1 is 0.577 bits per heavy atom. The van der Waals surface area contributed by atoms with Crippen molar-refractivity contribution in [3.63, 3.8) is 0 Å². The van der Waals surface area contributed by atoms with Crippen molar-refractivity contribution in [1.82, 2.24) is 0 Å². The van der Waals surface area contributed by atoms with Gasteiger partial charge in [0.2, 0.25) is 0 Å². The van der Waals surface area contributed by atoms with Crippen LogP contribution in [0.1, 0.15) is 40.5 Å². The van der Waals surface area contributed by atoms with Gasteiger partial charge in [-0.2, -0.15) is 0 Å². The average Bonchev–Trinajstić information content (AvgIpc) is 2.57. The second kappa shape index (κ2) is 17.5. The van der Waals surface area contributed by atoms with Crippen LogP contribution in [0, 0.1) is 0 Å². The highest BCUT2D eigenvalue weighted by Crippen LogP contribution is 2.43. The molecule has 0 spiro atoms. The van der Waals surface area contributed by atoms with Crippen LogP contribution in [-0.2, 0) is 17.7 Å². The Bertz CT molecular complexity index is 289.